The second kappa shape index (κ2) is 13.6. The number of carbonyl (C=O) groups excluding carboxylic acids is 2. The van der Waals surface area contributed by atoms with Crippen molar-refractivity contribution in [1.82, 2.24) is 0 Å². The maximum absolute atomic E-state index is 13.5. The molecule has 0 fully saturated rings. The molecule has 212 valence electrons. The van der Waals surface area contributed by atoms with Crippen molar-refractivity contribution in [2.24, 2.45) is 0 Å². The standard InChI is InChI=1S/C29H30O10S/c1-20-6-8-21(9-7-20)40(33,34)39-25-11-10-24(38-19-18-37-17-16-36-15-14-35-13-12-30)26-27(25)29(32)23-5-3-2-4-22(23)28(26)31/h2-11,30H,12-19H2,1H3. The molecule has 3 aromatic rings. The van der Waals surface area contributed by atoms with E-state index in [1.807, 2.05) is 6.92 Å². The van der Waals surface area contributed by atoms with E-state index in [1.165, 1.54) is 36.4 Å². The molecule has 11 heteroatoms. The van der Waals surface area contributed by atoms with Gasteiger partial charge < -0.3 is 28.2 Å². The second-order valence-electron chi connectivity index (χ2n) is 8.78. The summed E-state index contributed by atoms with van der Waals surface area (Å²) in [6.45, 7) is 3.67. The molecule has 1 aliphatic carbocycles. The van der Waals surface area contributed by atoms with Gasteiger partial charge in [-0.2, -0.15) is 8.42 Å². The molecule has 4 rings (SSSR count). The van der Waals surface area contributed by atoms with Crippen molar-refractivity contribution in [3.8, 4) is 11.5 Å². The van der Waals surface area contributed by atoms with Crippen molar-refractivity contribution < 1.29 is 46.2 Å². The minimum Gasteiger partial charge on any atom is -0.490 e. The Hall–Kier alpha value is -3.61. The molecule has 0 bridgehead atoms. The van der Waals surface area contributed by atoms with Gasteiger partial charge in [-0.25, -0.2) is 0 Å². The SMILES string of the molecule is Cc1ccc(S(=O)(=O)Oc2ccc(OCCOCCOCCOCCO)c3c2C(=O)c2ccccc2C3=O)cc1. The summed E-state index contributed by atoms with van der Waals surface area (Å²) in [5.74, 6) is -1.16. The molecule has 10 nitrogen and oxygen atoms in total. The number of hydrogen-bond donors (Lipinski definition) is 1. The molecule has 40 heavy (non-hydrogen) atoms. The molecule has 0 saturated carbocycles. The van der Waals surface area contributed by atoms with Gasteiger partial charge in [-0.1, -0.05) is 42.0 Å². The van der Waals surface area contributed by atoms with Gasteiger partial charge in [0.25, 0.3) is 0 Å². The first-order chi connectivity index (χ1) is 19.3. The lowest BCUT2D eigenvalue weighted by Gasteiger charge is -2.22. The third-order valence-corrected chi connectivity index (χ3v) is 7.22. The maximum atomic E-state index is 13.5. The van der Waals surface area contributed by atoms with Crippen LogP contribution in [0.4, 0.5) is 0 Å². The minimum absolute atomic E-state index is 0.0408. The van der Waals surface area contributed by atoms with Crippen LogP contribution in [0.1, 0.15) is 37.4 Å². The molecule has 0 aromatic heterocycles. The van der Waals surface area contributed by atoms with Crippen molar-refractivity contribution in [2.75, 3.05) is 52.9 Å². The van der Waals surface area contributed by atoms with Gasteiger partial charge in [-0.3, -0.25) is 9.59 Å². The van der Waals surface area contributed by atoms with Crippen molar-refractivity contribution >= 4 is 21.7 Å². The summed E-state index contributed by atoms with van der Waals surface area (Å²) < 4.78 is 53.2. The molecule has 0 saturated heterocycles. The average Bonchev–Trinajstić information content (AvgIpc) is 2.95. The van der Waals surface area contributed by atoms with Gasteiger partial charge in [0.1, 0.15) is 17.3 Å². The van der Waals surface area contributed by atoms with E-state index in [1.54, 1.807) is 24.3 Å². The Balaban J connectivity index is 1.49. The lowest BCUT2D eigenvalue weighted by molar-refractivity contribution is 0.00358. The molecule has 0 radical (unpaired) electrons. The number of ether oxygens (including phenoxy) is 4. The minimum atomic E-state index is -4.29. The molecule has 3 aromatic carbocycles. The van der Waals surface area contributed by atoms with E-state index in [4.69, 9.17) is 28.2 Å². The van der Waals surface area contributed by atoms with Gasteiger partial charge in [0.05, 0.1) is 57.4 Å². The molecular formula is C29H30O10S. The van der Waals surface area contributed by atoms with Gasteiger partial charge in [0, 0.05) is 11.1 Å². The zero-order chi connectivity index (χ0) is 28.5. The normalized spacial score (nSPS) is 12.7. The lowest BCUT2D eigenvalue weighted by Crippen LogP contribution is -2.24. The largest absolute Gasteiger partial charge is 0.490 e. The van der Waals surface area contributed by atoms with Crippen LogP contribution < -0.4 is 8.92 Å². The van der Waals surface area contributed by atoms with Crippen molar-refractivity contribution in [1.29, 1.82) is 0 Å². The molecule has 0 amide bonds. The quantitative estimate of drug-likeness (QED) is 0.168. The Morgan fingerprint density at radius 2 is 1.15 bits per heavy atom. The number of aryl methyl sites for hydroxylation is 1. The summed E-state index contributed by atoms with van der Waals surface area (Å²) in [4.78, 5) is 26.9. The molecular weight excluding hydrogens is 540 g/mol. The van der Waals surface area contributed by atoms with Crippen molar-refractivity contribution in [2.45, 2.75) is 11.8 Å². The highest BCUT2D eigenvalue weighted by Crippen LogP contribution is 2.39. The number of rotatable bonds is 15. The summed E-state index contributed by atoms with van der Waals surface area (Å²) in [7, 11) is -4.29. The summed E-state index contributed by atoms with van der Waals surface area (Å²) in [5, 5.41) is 8.65. The number of fused-ring (bicyclic) bond motifs is 2. The monoisotopic (exact) mass is 570 g/mol. The van der Waals surface area contributed by atoms with Crippen LogP contribution in [0.25, 0.3) is 0 Å². The number of hydrogen-bond acceptors (Lipinski definition) is 10. The summed E-state index contributed by atoms with van der Waals surface area (Å²) in [5.41, 5.74) is 0.983. The van der Waals surface area contributed by atoms with Crippen LogP contribution in [0.3, 0.4) is 0 Å². The number of ketones is 2. The Morgan fingerprint density at radius 1 is 0.650 bits per heavy atom. The smallest absolute Gasteiger partial charge is 0.339 e. The van der Waals surface area contributed by atoms with E-state index in [9.17, 15) is 18.0 Å². The highest BCUT2D eigenvalue weighted by Gasteiger charge is 2.36. The molecule has 1 aliphatic rings. The predicted octanol–water partition coefficient (Wildman–Crippen LogP) is 2.96. The van der Waals surface area contributed by atoms with Crippen molar-refractivity contribution in [3.63, 3.8) is 0 Å². The van der Waals surface area contributed by atoms with Crippen LogP contribution in [0.15, 0.2) is 65.6 Å². The predicted molar refractivity (Wildman–Crippen MR) is 144 cm³/mol. The fraction of sp³-hybridized carbons (Fsp3) is 0.310. The third kappa shape index (κ3) is 6.93. The first kappa shape index (κ1) is 29.4. The molecule has 0 heterocycles. The Morgan fingerprint density at radius 3 is 1.73 bits per heavy atom. The van der Waals surface area contributed by atoms with Crippen molar-refractivity contribution in [3.05, 3.63) is 88.5 Å². The highest BCUT2D eigenvalue weighted by atomic mass is 32.2. The van der Waals surface area contributed by atoms with Gasteiger partial charge in [0.2, 0.25) is 0 Å². The Labute approximate surface area is 232 Å². The van der Waals surface area contributed by atoms with Gasteiger partial charge >= 0.3 is 10.1 Å². The van der Waals surface area contributed by atoms with Gasteiger partial charge in [0.15, 0.2) is 17.3 Å². The Bertz CT molecular complexity index is 1450. The fourth-order valence-corrected chi connectivity index (χ4v) is 4.98. The van der Waals surface area contributed by atoms with Crippen LogP contribution in [0.2, 0.25) is 0 Å². The lowest BCUT2D eigenvalue weighted by atomic mass is 9.83. The zero-order valence-corrected chi connectivity index (χ0v) is 22.8. The number of carbonyl (C=O) groups is 2. The summed E-state index contributed by atoms with van der Waals surface area (Å²) in [6, 6.07) is 15.1. The summed E-state index contributed by atoms with van der Waals surface area (Å²) in [6.07, 6.45) is 0. The number of benzene rings is 3. The summed E-state index contributed by atoms with van der Waals surface area (Å²) >= 11 is 0. The van der Waals surface area contributed by atoms with Crippen LogP contribution in [0, 0.1) is 6.92 Å². The van der Waals surface area contributed by atoms with Crippen LogP contribution in [-0.2, 0) is 24.3 Å². The van der Waals surface area contributed by atoms with E-state index >= 15 is 0 Å². The second-order valence-corrected chi connectivity index (χ2v) is 10.3. The molecule has 0 spiro atoms. The maximum Gasteiger partial charge on any atom is 0.339 e. The topological polar surface area (TPSA) is 135 Å². The number of aliphatic hydroxyl groups excluding tert-OH is 1. The van der Waals surface area contributed by atoms with E-state index in [0.29, 0.717) is 26.4 Å². The van der Waals surface area contributed by atoms with E-state index in [2.05, 4.69) is 0 Å². The molecule has 1 N–H and O–H groups in total. The van der Waals surface area contributed by atoms with Crippen LogP contribution in [-0.4, -0.2) is 77.9 Å². The highest BCUT2D eigenvalue weighted by molar-refractivity contribution is 7.87. The van der Waals surface area contributed by atoms with Crippen LogP contribution in [0.5, 0.6) is 11.5 Å². The van der Waals surface area contributed by atoms with Gasteiger partial charge in [-0.05, 0) is 31.2 Å². The van der Waals surface area contributed by atoms with Crippen LogP contribution >= 0.6 is 0 Å². The molecule has 0 atom stereocenters. The number of aliphatic hydroxyl groups is 1. The Kier molecular flexibility index (Phi) is 10.0. The average molecular weight is 571 g/mol. The van der Waals surface area contributed by atoms with E-state index in [-0.39, 0.29) is 65.1 Å². The van der Waals surface area contributed by atoms with Gasteiger partial charge in [-0.15, -0.1) is 0 Å². The first-order valence-electron chi connectivity index (χ1n) is 12.7. The van der Waals surface area contributed by atoms with E-state index in [0.717, 1.165) is 5.56 Å². The third-order valence-electron chi connectivity index (χ3n) is 5.97. The zero-order valence-electron chi connectivity index (χ0n) is 22.0. The molecule has 0 aliphatic heterocycles. The van der Waals surface area contributed by atoms with E-state index < -0.39 is 21.7 Å². The molecule has 0 unspecified atom stereocenters. The first-order valence-corrected chi connectivity index (χ1v) is 14.1. The fourth-order valence-electron chi connectivity index (χ4n) is 4.04.